The highest BCUT2D eigenvalue weighted by molar-refractivity contribution is 7.74. The molecule has 0 heterocycles. The van der Waals surface area contributed by atoms with Gasteiger partial charge in [0.05, 0.1) is 6.61 Å². The molecule has 3 aromatic carbocycles. The summed E-state index contributed by atoms with van der Waals surface area (Å²) in [7, 11) is -3.18. The fourth-order valence-electron chi connectivity index (χ4n) is 2.78. The molecule has 0 spiro atoms. The summed E-state index contributed by atoms with van der Waals surface area (Å²) in [5.41, 5.74) is 0.928. The van der Waals surface area contributed by atoms with Crippen LogP contribution in [0.4, 0.5) is 4.79 Å². The molecule has 0 saturated carbocycles. The Bertz CT molecular complexity index is 889. The molecule has 0 aromatic heterocycles. The Hall–Kier alpha value is -2.88. The standard InChI is InChI=1S/C23H24NO4P/c25-23(27-19-20-11-4-1-5-12-20)24-17-10-18-28-29(26,21-13-6-2-7-14-21)22-15-8-3-9-16-22/h1-9,11-16H,10,17-19H2,(H,24,25). The Morgan fingerprint density at radius 2 is 1.31 bits per heavy atom. The van der Waals surface area contributed by atoms with Gasteiger partial charge in [0.1, 0.15) is 6.61 Å². The van der Waals surface area contributed by atoms with Crippen LogP contribution in [0.3, 0.4) is 0 Å². The lowest BCUT2D eigenvalue weighted by molar-refractivity contribution is 0.139. The number of rotatable bonds is 9. The molecule has 5 nitrogen and oxygen atoms in total. The highest BCUT2D eigenvalue weighted by Gasteiger charge is 2.28. The second-order valence-electron chi connectivity index (χ2n) is 6.40. The highest BCUT2D eigenvalue weighted by atomic mass is 31.2. The van der Waals surface area contributed by atoms with Gasteiger partial charge in [-0.3, -0.25) is 4.57 Å². The van der Waals surface area contributed by atoms with Gasteiger partial charge < -0.3 is 14.6 Å². The van der Waals surface area contributed by atoms with Gasteiger partial charge in [0, 0.05) is 17.2 Å². The normalized spacial score (nSPS) is 11.0. The minimum Gasteiger partial charge on any atom is -0.445 e. The van der Waals surface area contributed by atoms with E-state index in [1.165, 1.54) is 0 Å². The fourth-order valence-corrected chi connectivity index (χ4v) is 4.89. The zero-order chi connectivity index (χ0) is 20.4. The number of carbonyl (C=O) groups is 1. The predicted octanol–water partition coefficient (Wildman–Crippen LogP) is 4.25. The van der Waals surface area contributed by atoms with E-state index in [0.717, 1.165) is 5.56 Å². The van der Waals surface area contributed by atoms with E-state index in [9.17, 15) is 9.36 Å². The number of amides is 1. The maximum atomic E-state index is 13.6. The van der Waals surface area contributed by atoms with Crippen LogP contribution in [-0.2, 0) is 20.4 Å². The molecule has 0 atom stereocenters. The van der Waals surface area contributed by atoms with Crippen LogP contribution in [0.15, 0.2) is 91.0 Å². The molecule has 1 amide bonds. The fraction of sp³-hybridized carbons (Fsp3) is 0.174. The van der Waals surface area contributed by atoms with E-state index >= 15 is 0 Å². The molecule has 0 aliphatic heterocycles. The van der Waals surface area contributed by atoms with E-state index in [1.807, 2.05) is 91.0 Å². The number of benzene rings is 3. The first kappa shape index (κ1) is 20.8. The first-order chi connectivity index (χ1) is 14.2. The van der Waals surface area contributed by atoms with Gasteiger partial charge in [-0.05, 0) is 36.2 Å². The van der Waals surface area contributed by atoms with Crippen molar-refractivity contribution in [2.45, 2.75) is 13.0 Å². The number of nitrogens with one attached hydrogen (secondary N) is 1. The first-order valence-electron chi connectivity index (χ1n) is 9.49. The SMILES string of the molecule is O=C(NCCCOP(=O)(c1ccccc1)c1ccccc1)OCc1ccccc1. The molecule has 0 bridgehead atoms. The monoisotopic (exact) mass is 409 g/mol. The zero-order valence-electron chi connectivity index (χ0n) is 16.1. The van der Waals surface area contributed by atoms with Gasteiger partial charge in [-0.1, -0.05) is 66.7 Å². The summed E-state index contributed by atoms with van der Waals surface area (Å²) in [5, 5.41) is 4.00. The summed E-state index contributed by atoms with van der Waals surface area (Å²) in [5.74, 6) is 0. The van der Waals surface area contributed by atoms with Crippen molar-refractivity contribution >= 4 is 24.1 Å². The van der Waals surface area contributed by atoms with Crippen molar-refractivity contribution in [2.75, 3.05) is 13.2 Å². The van der Waals surface area contributed by atoms with Crippen molar-refractivity contribution in [3.8, 4) is 0 Å². The molecule has 0 saturated heterocycles. The molecule has 29 heavy (non-hydrogen) atoms. The van der Waals surface area contributed by atoms with Gasteiger partial charge >= 0.3 is 6.09 Å². The van der Waals surface area contributed by atoms with Crippen LogP contribution in [0.2, 0.25) is 0 Å². The van der Waals surface area contributed by atoms with Gasteiger partial charge in [0.2, 0.25) is 0 Å². The number of ether oxygens (including phenoxy) is 1. The largest absolute Gasteiger partial charge is 0.445 e. The van der Waals surface area contributed by atoms with Crippen LogP contribution in [-0.4, -0.2) is 19.2 Å². The molecule has 0 aliphatic rings. The van der Waals surface area contributed by atoms with Crippen molar-refractivity contribution in [3.05, 3.63) is 96.6 Å². The Balaban J connectivity index is 1.48. The summed E-state index contributed by atoms with van der Waals surface area (Å²) < 4.78 is 24.7. The zero-order valence-corrected chi connectivity index (χ0v) is 17.0. The third kappa shape index (κ3) is 6.05. The maximum absolute atomic E-state index is 13.6. The Morgan fingerprint density at radius 1 is 0.793 bits per heavy atom. The van der Waals surface area contributed by atoms with Crippen LogP contribution in [0, 0.1) is 0 Å². The third-order valence-electron chi connectivity index (χ3n) is 4.27. The molecule has 6 heteroatoms. The summed E-state index contributed by atoms with van der Waals surface area (Å²) >= 11 is 0. The second kappa shape index (κ2) is 10.6. The van der Waals surface area contributed by atoms with Crippen molar-refractivity contribution < 1.29 is 18.6 Å². The summed E-state index contributed by atoms with van der Waals surface area (Å²) in [6.07, 6.45) is 0.0348. The average Bonchev–Trinajstić information content (AvgIpc) is 2.79. The molecular weight excluding hydrogens is 385 g/mol. The van der Waals surface area contributed by atoms with E-state index in [4.69, 9.17) is 9.26 Å². The van der Waals surface area contributed by atoms with Gasteiger partial charge in [0.15, 0.2) is 0 Å². The van der Waals surface area contributed by atoms with Crippen LogP contribution >= 0.6 is 7.37 Å². The summed E-state index contributed by atoms with van der Waals surface area (Å²) in [6.45, 7) is 0.845. The lowest BCUT2D eigenvalue weighted by Crippen LogP contribution is -2.26. The van der Waals surface area contributed by atoms with E-state index in [1.54, 1.807) is 0 Å². The Morgan fingerprint density at radius 3 is 1.86 bits per heavy atom. The van der Waals surface area contributed by atoms with Crippen molar-refractivity contribution in [1.29, 1.82) is 0 Å². The van der Waals surface area contributed by atoms with Crippen molar-refractivity contribution in [2.24, 2.45) is 0 Å². The number of carbonyl (C=O) groups excluding carboxylic acids is 1. The molecule has 3 aromatic rings. The van der Waals surface area contributed by atoms with Crippen LogP contribution in [0.5, 0.6) is 0 Å². The quantitative estimate of drug-likeness (QED) is 0.424. The maximum Gasteiger partial charge on any atom is 0.407 e. The van der Waals surface area contributed by atoms with Crippen molar-refractivity contribution in [1.82, 2.24) is 5.32 Å². The van der Waals surface area contributed by atoms with E-state index in [2.05, 4.69) is 5.32 Å². The summed E-state index contributed by atoms with van der Waals surface area (Å²) in [6, 6.07) is 27.9. The van der Waals surface area contributed by atoms with Gasteiger partial charge in [0.25, 0.3) is 7.37 Å². The average molecular weight is 409 g/mol. The molecule has 3 rings (SSSR count). The minimum absolute atomic E-state index is 0.223. The molecule has 0 fully saturated rings. The lowest BCUT2D eigenvalue weighted by Gasteiger charge is -2.19. The second-order valence-corrected chi connectivity index (χ2v) is 8.79. The summed E-state index contributed by atoms with van der Waals surface area (Å²) in [4.78, 5) is 11.8. The van der Waals surface area contributed by atoms with Crippen LogP contribution in [0.1, 0.15) is 12.0 Å². The highest BCUT2D eigenvalue weighted by Crippen LogP contribution is 2.44. The van der Waals surface area contributed by atoms with Gasteiger partial charge in [-0.25, -0.2) is 4.79 Å². The lowest BCUT2D eigenvalue weighted by atomic mass is 10.2. The topological polar surface area (TPSA) is 64.6 Å². The molecular formula is C23H24NO4P. The van der Waals surface area contributed by atoms with Gasteiger partial charge in [-0.2, -0.15) is 0 Å². The van der Waals surface area contributed by atoms with E-state index < -0.39 is 13.5 Å². The van der Waals surface area contributed by atoms with Crippen LogP contribution < -0.4 is 15.9 Å². The molecule has 0 unspecified atom stereocenters. The molecule has 150 valence electrons. The third-order valence-corrected chi connectivity index (χ3v) is 6.77. The van der Waals surface area contributed by atoms with Crippen LogP contribution in [0.25, 0.3) is 0 Å². The van der Waals surface area contributed by atoms with Crippen molar-refractivity contribution in [3.63, 3.8) is 0 Å². The number of alkyl carbamates (subject to hydrolysis) is 1. The van der Waals surface area contributed by atoms with E-state index in [-0.39, 0.29) is 13.2 Å². The Labute approximate surface area is 171 Å². The molecule has 0 radical (unpaired) electrons. The minimum atomic E-state index is -3.18. The van der Waals surface area contributed by atoms with Gasteiger partial charge in [-0.15, -0.1) is 0 Å². The first-order valence-corrected chi connectivity index (χ1v) is 11.1. The Kier molecular flexibility index (Phi) is 7.62. The van der Waals surface area contributed by atoms with E-state index in [0.29, 0.717) is 23.6 Å². The molecule has 1 N–H and O–H groups in total. The smallest absolute Gasteiger partial charge is 0.407 e. The predicted molar refractivity (Wildman–Crippen MR) is 115 cm³/mol. The number of hydrogen-bond donors (Lipinski definition) is 1. The molecule has 0 aliphatic carbocycles. The number of hydrogen-bond acceptors (Lipinski definition) is 4.